The van der Waals surface area contributed by atoms with Crippen molar-refractivity contribution in [2.75, 3.05) is 6.16 Å². The van der Waals surface area contributed by atoms with E-state index in [1.54, 1.807) is 41.5 Å². The van der Waals surface area contributed by atoms with E-state index in [4.69, 9.17) is 9.47 Å². The number of amides is 2. The molecule has 0 aromatic carbocycles. The summed E-state index contributed by atoms with van der Waals surface area (Å²) in [7, 11) is -1.59. The molecule has 0 bridgehead atoms. The van der Waals surface area contributed by atoms with Gasteiger partial charge in [0.2, 0.25) is 0 Å². The van der Waals surface area contributed by atoms with E-state index < -0.39 is 42.7 Å². The highest BCUT2D eigenvalue weighted by molar-refractivity contribution is 7.77. The van der Waals surface area contributed by atoms with Crippen LogP contribution in [-0.4, -0.2) is 68.5 Å². The van der Waals surface area contributed by atoms with Gasteiger partial charge in [0, 0.05) is 13.7 Å². The Morgan fingerprint density at radius 2 is 1.00 bits per heavy atom. The van der Waals surface area contributed by atoms with Crippen LogP contribution < -0.4 is 0 Å². The molecule has 3 aliphatic carbocycles. The van der Waals surface area contributed by atoms with Crippen molar-refractivity contribution in [3.63, 3.8) is 0 Å². The minimum Gasteiger partial charge on any atom is -0.480 e. The van der Waals surface area contributed by atoms with Crippen molar-refractivity contribution in [1.82, 2.24) is 4.90 Å². The highest BCUT2D eigenvalue weighted by atomic mass is 31.2. The minimum absolute atomic E-state index is 0.283. The van der Waals surface area contributed by atoms with Crippen LogP contribution in [-0.2, 0) is 14.3 Å². The number of carbonyl (C=O) groups is 3. The van der Waals surface area contributed by atoms with E-state index >= 15 is 0 Å². The number of carboxylic acid groups (broad SMARTS) is 1. The van der Waals surface area contributed by atoms with Crippen LogP contribution in [0.1, 0.15) is 144 Å². The summed E-state index contributed by atoms with van der Waals surface area (Å²) in [5, 5.41) is 10.5. The van der Waals surface area contributed by atoms with Crippen molar-refractivity contribution in [3.05, 3.63) is 0 Å². The third-order valence-electron chi connectivity index (χ3n) is 9.33. The maximum absolute atomic E-state index is 13.4. The van der Waals surface area contributed by atoms with Crippen molar-refractivity contribution < 1.29 is 29.0 Å². The number of hydrogen-bond donors (Lipinski definition) is 1. The molecular formula is C32H57NO6P+. The third kappa shape index (κ3) is 8.82. The summed E-state index contributed by atoms with van der Waals surface area (Å²) in [4.78, 5) is 40.5. The fourth-order valence-corrected chi connectivity index (χ4v) is 15.3. The van der Waals surface area contributed by atoms with Crippen LogP contribution in [0.3, 0.4) is 0 Å². The van der Waals surface area contributed by atoms with Gasteiger partial charge >= 0.3 is 18.2 Å². The van der Waals surface area contributed by atoms with Gasteiger partial charge in [-0.15, -0.1) is 0 Å². The molecule has 7 nitrogen and oxygen atoms in total. The first-order chi connectivity index (χ1) is 18.7. The Hall–Kier alpha value is -1.36. The molecule has 8 heteroatoms. The van der Waals surface area contributed by atoms with E-state index in [-0.39, 0.29) is 6.42 Å². The van der Waals surface area contributed by atoms with Crippen molar-refractivity contribution in [2.45, 2.75) is 178 Å². The number of imide groups is 1. The molecule has 0 aromatic rings. The molecule has 0 heterocycles. The predicted molar refractivity (Wildman–Crippen MR) is 163 cm³/mol. The average Bonchev–Trinajstić information content (AvgIpc) is 2.88. The molecule has 2 amide bonds. The van der Waals surface area contributed by atoms with Crippen LogP contribution in [0.4, 0.5) is 9.59 Å². The summed E-state index contributed by atoms with van der Waals surface area (Å²) in [6.07, 6.45) is 18.4. The number of ether oxygens (including phenoxy) is 2. The Balaban J connectivity index is 2.01. The van der Waals surface area contributed by atoms with Crippen LogP contribution >= 0.6 is 7.26 Å². The number of carbonyl (C=O) groups excluding carboxylic acids is 2. The molecule has 1 unspecified atom stereocenters. The fourth-order valence-electron chi connectivity index (χ4n) is 7.79. The quantitative estimate of drug-likeness (QED) is 0.287. The smallest absolute Gasteiger partial charge is 0.420 e. The molecule has 0 saturated heterocycles. The number of rotatable bonds is 8. The molecule has 0 aliphatic heterocycles. The van der Waals surface area contributed by atoms with Gasteiger partial charge in [0.25, 0.3) is 0 Å². The lowest BCUT2D eigenvalue weighted by molar-refractivity contribution is -0.143. The predicted octanol–water partition coefficient (Wildman–Crippen LogP) is 9.02. The van der Waals surface area contributed by atoms with Gasteiger partial charge in [0.15, 0.2) is 0 Å². The maximum atomic E-state index is 13.4. The first kappa shape index (κ1) is 33.1. The van der Waals surface area contributed by atoms with Crippen molar-refractivity contribution in [3.8, 4) is 0 Å². The van der Waals surface area contributed by atoms with Crippen molar-refractivity contribution >= 4 is 25.4 Å². The van der Waals surface area contributed by atoms with Crippen molar-refractivity contribution in [1.29, 1.82) is 0 Å². The summed E-state index contributed by atoms with van der Waals surface area (Å²) >= 11 is 0. The van der Waals surface area contributed by atoms with Gasteiger partial charge in [-0.2, -0.15) is 4.90 Å². The molecule has 0 radical (unpaired) electrons. The van der Waals surface area contributed by atoms with Gasteiger partial charge in [-0.05, 0) is 119 Å². The van der Waals surface area contributed by atoms with Crippen LogP contribution in [0.15, 0.2) is 0 Å². The lowest BCUT2D eigenvalue weighted by Crippen LogP contribution is -2.52. The van der Waals surface area contributed by atoms with E-state index in [0.717, 1.165) is 11.1 Å². The molecule has 3 fully saturated rings. The number of carboxylic acids is 1. The lowest BCUT2D eigenvalue weighted by atomic mass is 9.99. The zero-order valence-corrected chi connectivity index (χ0v) is 27.1. The van der Waals surface area contributed by atoms with Gasteiger partial charge in [0.05, 0.1) is 23.1 Å². The van der Waals surface area contributed by atoms with Crippen molar-refractivity contribution in [2.24, 2.45) is 0 Å². The van der Waals surface area contributed by atoms with Gasteiger partial charge in [-0.1, -0.05) is 19.3 Å². The minimum atomic E-state index is -1.59. The Bertz CT molecular complexity index is 771. The monoisotopic (exact) mass is 582 g/mol. The molecule has 0 spiro atoms. The second kappa shape index (κ2) is 14.2. The van der Waals surface area contributed by atoms with Crippen LogP contribution in [0.2, 0.25) is 0 Å². The highest BCUT2D eigenvalue weighted by Gasteiger charge is 2.57. The SMILES string of the molecule is CC(C)(C)OC(=O)N(C(=O)OC(C)(C)C)C(CC[P+](C1CCCCC1)(C1CCCCC1)C1CCCCC1)C(=O)O. The summed E-state index contributed by atoms with van der Waals surface area (Å²) in [6, 6.07) is -1.31. The third-order valence-corrected chi connectivity index (χ3v) is 16.0. The molecule has 40 heavy (non-hydrogen) atoms. The van der Waals surface area contributed by atoms with E-state index in [2.05, 4.69) is 0 Å². The van der Waals surface area contributed by atoms with E-state index in [1.165, 1.54) is 96.3 Å². The van der Waals surface area contributed by atoms with Gasteiger partial charge in [-0.3, -0.25) is 0 Å². The topological polar surface area (TPSA) is 93.1 Å². The zero-order chi connectivity index (χ0) is 29.6. The summed E-state index contributed by atoms with van der Waals surface area (Å²) in [6.45, 7) is 10.3. The molecule has 1 atom stereocenters. The van der Waals surface area contributed by atoms with Gasteiger partial charge < -0.3 is 14.6 Å². The van der Waals surface area contributed by atoms with Crippen LogP contribution in [0.25, 0.3) is 0 Å². The molecular weight excluding hydrogens is 525 g/mol. The Morgan fingerprint density at radius 1 is 0.675 bits per heavy atom. The molecule has 3 saturated carbocycles. The molecule has 3 rings (SSSR count). The first-order valence-corrected chi connectivity index (χ1v) is 18.3. The van der Waals surface area contributed by atoms with Gasteiger partial charge in [-0.25, -0.2) is 14.4 Å². The van der Waals surface area contributed by atoms with Crippen LogP contribution in [0.5, 0.6) is 0 Å². The summed E-state index contributed by atoms with van der Waals surface area (Å²) < 4.78 is 11.2. The summed E-state index contributed by atoms with van der Waals surface area (Å²) in [5.74, 6) is -1.16. The Kier molecular flexibility index (Phi) is 11.8. The molecule has 0 aromatic heterocycles. The van der Waals surface area contributed by atoms with Crippen LogP contribution in [0, 0.1) is 0 Å². The highest BCUT2D eigenvalue weighted by Crippen LogP contribution is 2.77. The second-order valence-electron chi connectivity index (χ2n) is 14.6. The van der Waals surface area contributed by atoms with E-state index in [1.807, 2.05) is 0 Å². The van der Waals surface area contributed by atoms with E-state index in [9.17, 15) is 19.5 Å². The molecule has 230 valence electrons. The number of hydrogen-bond acceptors (Lipinski definition) is 5. The standard InChI is InChI=1S/C32H56NO6P/c1-31(2,3)38-29(36)33(30(37)39-32(4,5)6)27(28(34)35)22-23-40(24-16-10-7-11-17-24,25-18-12-8-13-19-25)26-20-14-9-15-21-26/h24-27H,7-23H2,1-6H3/p+1. The Labute approximate surface area is 243 Å². The van der Waals surface area contributed by atoms with E-state index in [0.29, 0.717) is 17.0 Å². The second-order valence-corrected chi connectivity index (χ2v) is 19.2. The maximum Gasteiger partial charge on any atom is 0.420 e. The normalized spacial score (nSPS) is 21.4. The van der Waals surface area contributed by atoms with Gasteiger partial charge in [0.1, 0.15) is 17.2 Å². The average molecular weight is 583 g/mol. The Morgan fingerprint density at radius 3 is 1.27 bits per heavy atom. The fraction of sp³-hybridized carbons (Fsp3) is 0.906. The molecule has 3 aliphatic rings. The largest absolute Gasteiger partial charge is 0.480 e. The first-order valence-electron chi connectivity index (χ1n) is 16.1. The summed E-state index contributed by atoms with van der Waals surface area (Å²) in [5.41, 5.74) is 0.336. The number of aliphatic carboxylic acids is 1. The zero-order valence-electron chi connectivity index (χ0n) is 26.2. The molecule has 1 N–H and O–H groups in total. The lowest BCUT2D eigenvalue weighted by Gasteiger charge is -2.49. The number of nitrogens with zero attached hydrogens (tertiary/aromatic N) is 1.